The molecule has 6 heteroatoms. The first-order valence-electron chi connectivity index (χ1n) is 8.69. The predicted octanol–water partition coefficient (Wildman–Crippen LogP) is 2.50. The van der Waals surface area contributed by atoms with Gasteiger partial charge in [0.15, 0.2) is 0 Å². The number of ether oxygens (including phenoxy) is 2. The number of nitrogens with one attached hydrogen (secondary N) is 1. The average molecular weight is 352 g/mol. The number of allylic oxidation sites excluding steroid dienone is 1. The third-order valence-electron chi connectivity index (χ3n) is 4.71. The molecule has 6 nitrogen and oxygen atoms in total. The van der Waals surface area contributed by atoms with Crippen molar-refractivity contribution in [2.24, 2.45) is 7.05 Å². The van der Waals surface area contributed by atoms with E-state index in [9.17, 15) is 9.59 Å². The largest absolute Gasteiger partial charge is 0.493 e. The molecule has 1 amide bonds. The van der Waals surface area contributed by atoms with Crippen molar-refractivity contribution in [3.05, 3.63) is 64.3 Å². The van der Waals surface area contributed by atoms with Gasteiger partial charge < -0.3 is 19.4 Å². The molecule has 1 aliphatic heterocycles. The zero-order valence-electron chi connectivity index (χ0n) is 14.5. The lowest BCUT2D eigenvalue weighted by atomic mass is 10.1. The van der Waals surface area contributed by atoms with Crippen LogP contribution < -0.4 is 10.9 Å². The van der Waals surface area contributed by atoms with E-state index in [-0.39, 0.29) is 17.6 Å². The molecule has 1 fully saturated rings. The van der Waals surface area contributed by atoms with Crippen LogP contribution in [0.25, 0.3) is 10.8 Å². The molecule has 2 heterocycles. The summed E-state index contributed by atoms with van der Waals surface area (Å²) >= 11 is 0. The first-order chi connectivity index (χ1) is 12.6. The Morgan fingerprint density at radius 2 is 2.12 bits per heavy atom. The Morgan fingerprint density at radius 1 is 1.23 bits per heavy atom. The Labute approximate surface area is 150 Å². The third-order valence-corrected chi connectivity index (χ3v) is 4.71. The first kappa shape index (κ1) is 16.6. The lowest BCUT2D eigenvalue weighted by Crippen LogP contribution is -2.26. The fourth-order valence-electron chi connectivity index (χ4n) is 3.32. The van der Waals surface area contributed by atoms with E-state index in [2.05, 4.69) is 5.32 Å². The zero-order valence-corrected chi connectivity index (χ0v) is 14.5. The van der Waals surface area contributed by atoms with Gasteiger partial charge in [0.25, 0.3) is 11.5 Å². The van der Waals surface area contributed by atoms with Crippen molar-refractivity contribution < 1.29 is 14.3 Å². The highest BCUT2D eigenvalue weighted by Gasteiger charge is 2.24. The second kappa shape index (κ2) is 6.80. The summed E-state index contributed by atoms with van der Waals surface area (Å²) in [5, 5.41) is 4.23. The molecule has 2 aliphatic rings. The van der Waals surface area contributed by atoms with Gasteiger partial charge in [0.05, 0.1) is 6.61 Å². The zero-order chi connectivity index (χ0) is 18.1. The number of pyridine rings is 1. The van der Waals surface area contributed by atoms with Gasteiger partial charge in [-0.3, -0.25) is 9.59 Å². The number of aromatic nitrogens is 1. The maximum Gasteiger partial charge on any atom is 0.258 e. The topological polar surface area (TPSA) is 69.6 Å². The fourth-order valence-corrected chi connectivity index (χ4v) is 3.32. The SMILES string of the molecule is Cn1ccc2c(NC(=O)C3=CCCC4OCCOC4=C3)cccc2c1=O. The standard InChI is InChI=1S/C20H20N2O4/c1-22-9-8-14-15(20(22)24)5-3-6-16(14)21-19(23)13-4-2-7-17-18(12-13)26-11-10-25-17/h3-6,8-9,12,17H,2,7,10-11H2,1H3,(H,21,23). The number of aryl methyl sites for hydroxylation is 1. The van der Waals surface area contributed by atoms with Gasteiger partial charge in [0.2, 0.25) is 0 Å². The summed E-state index contributed by atoms with van der Waals surface area (Å²) in [6.07, 6.45) is 6.82. The summed E-state index contributed by atoms with van der Waals surface area (Å²) < 4.78 is 12.9. The van der Waals surface area contributed by atoms with Gasteiger partial charge in [-0.1, -0.05) is 12.1 Å². The summed E-state index contributed by atoms with van der Waals surface area (Å²) in [6, 6.07) is 7.17. The van der Waals surface area contributed by atoms with Gasteiger partial charge in [-0.15, -0.1) is 0 Å². The van der Waals surface area contributed by atoms with E-state index in [1.54, 1.807) is 37.5 Å². The third kappa shape index (κ3) is 3.04. The first-order valence-corrected chi connectivity index (χ1v) is 8.69. The molecule has 0 saturated carbocycles. The maximum atomic E-state index is 12.8. The van der Waals surface area contributed by atoms with E-state index < -0.39 is 0 Å². The molecule has 4 rings (SSSR count). The number of hydrogen-bond acceptors (Lipinski definition) is 4. The van der Waals surface area contributed by atoms with Crippen LogP contribution in [-0.4, -0.2) is 29.8 Å². The summed E-state index contributed by atoms with van der Waals surface area (Å²) in [5.74, 6) is 0.488. The molecular formula is C20H20N2O4. The minimum Gasteiger partial charge on any atom is -0.493 e. The molecule has 0 radical (unpaired) electrons. The number of carbonyl (C=O) groups is 1. The van der Waals surface area contributed by atoms with Crippen LogP contribution in [0.2, 0.25) is 0 Å². The molecule has 1 aliphatic carbocycles. The predicted molar refractivity (Wildman–Crippen MR) is 98.9 cm³/mol. The smallest absolute Gasteiger partial charge is 0.258 e. The molecule has 134 valence electrons. The van der Waals surface area contributed by atoms with Crippen molar-refractivity contribution in [2.75, 3.05) is 18.5 Å². The minimum atomic E-state index is -0.222. The summed E-state index contributed by atoms with van der Waals surface area (Å²) in [7, 11) is 1.71. The Morgan fingerprint density at radius 3 is 3.00 bits per heavy atom. The van der Waals surface area contributed by atoms with Gasteiger partial charge >= 0.3 is 0 Å². The molecule has 1 aromatic heterocycles. The van der Waals surface area contributed by atoms with Gasteiger partial charge in [-0.05, 0) is 37.1 Å². The number of benzene rings is 1. The van der Waals surface area contributed by atoms with Crippen LogP contribution in [0, 0.1) is 0 Å². The lowest BCUT2D eigenvalue weighted by molar-refractivity contribution is -0.112. The van der Waals surface area contributed by atoms with Crippen LogP contribution in [0.5, 0.6) is 0 Å². The summed E-state index contributed by atoms with van der Waals surface area (Å²) in [5.41, 5.74) is 1.07. The molecule has 1 unspecified atom stereocenters. The average Bonchev–Trinajstić information content (AvgIpc) is 2.87. The van der Waals surface area contributed by atoms with Crippen molar-refractivity contribution in [2.45, 2.75) is 18.9 Å². The second-order valence-corrected chi connectivity index (χ2v) is 6.44. The monoisotopic (exact) mass is 352 g/mol. The Hall–Kier alpha value is -2.86. The van der Waals surface area contributed by atoms with Crippen LogP contribution in [-0.2, 0) is 21.3 Å². The molecule has 26 heavy (non-hydrogen) atoms. The van der Waals surface area contributed by atoms with Crippen molar-refractivity contribution in [1.82, 2.24) is 4.57 Å². The molecule has 0 bridgehead atoms. The Balaban J connectivity index is 1.64. The van der Waals surface area contributed by atoms with E-state index >= 15 is 0 Å². The summed E-state index contributed by atoms with van der Waals surface area (Å²) in [4.78, 5) is 25.1. The van der Waals surface area contributed by atoms with Crippen molar-refractivity contribution in [3.8, 4) is 0 Å². The second-order valence-electron chi connectivity index (χ2n) is 6.44. The minimum absolute atomic E-state index is 0.0779. The molecular weight excluding hydrogens is 332 g/mol. The molecule has 1 N–H and O–H groups in total. The number of anilines is 1. The number of hydrogen-bond donors (Lipinski definition) is 1. The van der Waals surface area contributed by atoms with E-state index in [4.69, 9.17) is 9.47 Å². The molecule has 0 spiro atoms. The quantitative estimate of drug-likeness (QED) is 0.902. The maximum absolute atomic E-state index is 12.8. The number of nitrogens with zero attached hydrogens (tertiary/aromatic N) is 1. The van der Waals surface area contributed by atoms with Crippen LogP contribution in [0.4, 0.5) is 5.69 Å². The van der Waals surface area contributed by atoms with Crippen molar-refractivity contribution in [1.29, 1.82) is 0 Å². The number of amides is 1. The van der Waals surface area contributed by atoms with Crippen LogP contribution in [0.3, 0.4) is 0 Å². The fraction of sp³-hybridized carbons (Fsp3) is 0.300. The molecule has 1 saturated heterocycles. The highest BCUT2D eigenvalue weighted by Crippen LogP contribution is 2.26. The normalized spacial score (nSPS) is 19.7. The highest BCUT2D eigenvalue weighted by molar-refractivity contribution is 6.10. The van der Waals surface area contributed by atoms with Gasteiger partial charge in [0, 0.05) is 35.3 Å². The molecule has 2 aromatic rings. The van der Waals surface area contributed by atoms with E-state index in [1.807, 2.05) is 12.1 Å². The molecule has 1 atom stereocenters. The van der Waals surface area contributed by atoms with Crippen LogP contribution in [0.15, 0.2) is 58.7 Å². The van der Waals surface area contributed by atoms with E-state index in [0.29, 0.717) is 35.6 Å². The van der Waals surface area contributed by atoms with Crippen molar-refractivity contribution in [3.63, 3.8) is 0 Å². The van der Waals surface area contributed by atoms with Gasteiger partial charge in [-0.2, -0.15) is 0 Å². The van der Waals surface area contributed by atoms with E-state index in [0.717, 1.165) is 18.2 Å². The van der Waals surface area contributed by atoms with Crippen molar-refractivity contribution >= 4 is 22.4 Å². The number of carbonyl (C=O) groups excluding carboxylic acids is 1. The molecule has 1 aromatic carbocycles. The number of rotatable bonds is 2. The number of fused-ring (bicyclic) bond motifs is 2. The van der Waals surface area contributed by atoms with Gasteiger partial charge in [-0.25, -0.2) is 0 Å². The lowest BCUT2D eigenvalue weighted by Gasteiger charge is -2.25. The van der Waals surface area contributed by atoms with E-state index in [1.165, 1.54) is 4.57 Å². The summed E-state index contributed by atoms with van der Waals surface area (Å²) in [6.45, 7) is 1.08. The Bertz CT molecular complexity index is 987. The van der Waals surface area contributed by atoms with Crippen LogP contribution >= 0.6 is 0 Å². The highest BCUT2D eigenvalue weighted by atomic mass is 16.6. The Kier molecular flexibility index (Phi) is 4.34. The van der Waals surface area contributed by atoms with Gasteiger partial charge in [0.1, 0.15) is 18.5 Å². The van der Waals surface area contributed by atoms with Crippen LogP contribution in [0.1, 0.15) is 12.8 Å².